The number of hydrogen-bond donors (Lipinski definition) is 2. The summed E-state index contributed by atoms with van der Waals surface area (Å²) in [7, 11) is 0. The minimum Gasteiger partial charge on any atom is -0.353 e. The van der Waals surface area contributed by atoms with Crippen LogP contribution >= 0.6 is 11.6 Å². The molecule has 0 saturated carbocycles. The largest absolute Gasteiger partial charge is 0.353 e. The van der Waals surface area contributed by atoms with Crippen molar-refractivity contribution in [2.45, 2.75) is 6.92 Å². The van der Waals surface area contributed by atoms with Crippen molar-refractivity contribution in [1.82, 2.24) is 14.9 Å². The Hall–Kier alpha value is -3.98. The van der Waals surface area contributed by atoms with Gasteiger partial charge in [0.1, 0.15) is 5.82 Å². The van der Waals surface area contributed by atoms with E-state index in [-0.39, 0.29) is 17.7 Å². The van der Waals surface area contributed by atoms with Crippen molar-refractivity contribution in [2.24, 2.45) is 0 Å². The van der Waals surface area contributed by atoms with Gasteiger partial charge in [-0.3, -0.25) is 19.4 Å². The molecule has 0 radical (unpaired) electrons. The molecule has 0 bridgehead atoms. The molecule has 1 saturated heterocycles. The molecule has 174 valence electrons. The van der Waals surface area contributed by atoms with Crippen LogP contribution in [0, 0.1) is 0 Å². The van der Waals surface area contributed by atoms with Crippen molar-refractivity contribution in [3.8, 4) is 0 Å². The minimum absolute atomic E-state index is 0.0709. The Morgan fingerprint density at radius 1 is 0.912 bits per heavy atom. The summed E-state index contributed by atoms with van der Waals surface area (Å²) >= 11 is 6.22. The monoisotopic (exact) mass is 478 g/mol. The molecular formula is C24H23ClN6O3. The highest BCUT2D eigenvalue weighted by atomic mass is 35.5. The Bertz CT molecular complexity index is 1200. The van der Waals surface area contributed by atoms with E-state index in [9.17, 15) is 14.4 Å². The van der Waals surface area contributed by atoms with Gasteiger partial charge < -0.3 is 20.4 Å². The summed E-state index contributed by atoms with van der Waals surface area (Å²) in [5.74, 6) is 0.128. The summed E-state index contributed by atoms with van der Waals surface area (Å²) in [5, 5.41) is 5.87. The molecule has 0 aliphatic carbocycles. The van der Waals surface area contributed by atoms with Crippen molar-refractivity contribution >= 4 is 46.5 Å². The topological polar surface area (TPSA) is 108 Å². The third kappa shape index (κ3) is 5.49. The lowest BCUT2D eigenvalue weighted by Gasteiger charge is -2.34. The number of hydrogen-bond acceptors (Lipinski definition) is 6. The van der Waals surface area contributed by atoms with Crippen LogP contribution in [0.3, 0.4) is 0 Å². The number of carbonyl (C=O) groups excluding carboxylic acids is 3. The number of amides is 3. The fourth-order valence-corrected chi connectivity index (χ4v) is 3.72. The lowest BCUT2D eigenvalue weighted by atomic mass is 10.2. The van der Waals surface area contributed by atoms with Crippen LogP contribution in [0.4, 0.5) is 17.2 Å². The van der Waals surface area contributed by atoms with Crippen LogP contribution in [0.15, 0.2) is 61.1 Å². The van der Waals surface area contributed by atoms with Gasteiger partial charge in [0.15, 0.2) is 0 Å². The summed E-state index contributed by atoms with van der Waals surface area (Å²) in [6.45, 7) is 4.25. The predicted octanol–water partition coefficient (Wildman–Crippen LogP) is 3.30. The van der Waals surface area contributed by atoms with Gasteiger partial charge in [-0.05, 0) is 42.5 Å². The molecule has 10 heteroatoms. The van der Waals surface area contributed by atoms with E-state index >= 15 is 0 Å². The molecule has 4 rings (SSSR count). The van der Waals surface area contributed by atoms with Gasteiger partial charge in [0, 0.05) is 57.4 Å². The molecule has 1 aromatic carbocycles. The maximum atomic E-state index is 12.7. The molecule has 1 fully saturated rings. The van der Waals surface area contributed by atoms with Crippen molar-refractivity contribution in [3.05, 3.63) is 77.2 Å². The number of rotatable bonds is 5. The Labute approximate surface area is 201 Å². The van der Waals surface area contributed by atoms with Crippen LogP contribution in [-0.4, -0.2) is 58.8 Å². The first-order valence-electron chi connectivity index (χ1n) is 10.7. The first kappa shape index (κ1) is 23.2. The lowest BCUT2D eigenvalue weighted by molar-refractivity contribution is -0.129. The number of nitrogens with zero attached hydrogens (tertiary/aromatic N) is 4. The average molecular weight is 479 g/mol. The van der Waals surface area contributed by atoms with Crippen LogP contribution in [0.25, 0.3) is 0 Å². The Kier molecular flexibility index (Phi) is 7.03. The van der Waals surface area contributed by atoms with Crippen LogP contribution in [0.2, 0.25) is 5.02 Å². The second-order valence-electron chi connectivity index (χ2n) is 7.74. The van der Waals surface area contributed by atoms with E-state index in [4.69, 9.17) is 11.6 Å². The van der Waals surface area contributed by atoms with Crippen LogP contribution < -0.4 is 15.5 Å². The highest BCUT2D eigenvalue weighted by Crippen LogP contribution is 2.26. The lowest BCUT2D eigenvalue weighted by Crippen LogP contribution is -2.48. The molecule has 3 aromatic rings. The number of carbonyl (C=O) groups is 3. The third-order valence-electron chi connectivity index (χ3n) is 5.46. The Balaban J connectivity index is 1.39. The van der Waals surface area contributed by atoms with Crippen molar-refractivity contribution in [2.75, 3.05) is 41.7 Å². The van der Waals surface area contributed by atoms with E-state index in [2.05, 4.69) is 25.5 Å². The van der Waals surface area contributed by atoms with E-state index in [1.54, 1.807) is 60.5 Å². The van der Waals surface area contributed by atoms with E-state index in [1.165, 1.54) is 12.4 Å². The number of aromatic nitrogens is 2. The summed E-state index contributed by atoms with van der Waals surface area (Å²) in [4.78, 5) is 48.8. The van der Waals surface area contributed by atoms with Crippen molar-refractivity contribution in [3.63, 3.8) is 0 Å². The second kappa shape index (κ2) is 10.3. The van der Waals surface area contributed by atoms with E-state index in [0.717, 1.165) is 5.82 Å². The molecule has 1 aliphatic rings. The molecule has 34 heavy (non-hydrogen) atoms. The second-order valence-corrected chi connectivity index (χ2v) is 8.15. The van der Waals surface area contributed by atoms with Crippen LogP contribution in [0.5, 0.6) is 0 Å². The van der Waals surface area contributed by atoms with Crippen LogP contribution in [0.1, 0.15) is 27.6 Å². The zero-order valence-corrected chi connectivity index (χ0v) is 19.2. The average Bonchev–Trinajstić information content (AvgIpc) is 2.86. The molecule has 2 N–H and O–H groups in total. The van der Waals surface area contributed by atoms with E-state index in [0.29, 0.717) is 53.7 Å². The van der Waals surface area contributed by atoms with Gasteiger partial charge in [0.2, 0.25) is 5.91 Å². The Morgan fingerprint density at radius 2 is 1.65 bits per heavy atom. The highest BCUT2D eigenvalue weighted by Gasteiger charge is 2.20. The maximum absolute atomic E-state index is 12.7. The molecule has 0 spiro atoms. The molecule has 1 aliphatic heterocycles. The number of benzene rings is 1. The van der Waals surface area contributed by atoms with Crippen molar-refractivity contribution < 1.29 is 14.4 Å². The first-order valence-corrected chi connectivity index (χ1v) is 11.1. The first-order chi connectivity index (χ1) is 16.4. The number of piperazine rings is 1. The van der Waals surface area contributed by atoms with E-state index < -0.39 is 0 Å². The standard InChI is InChI=1S/C24H23ClN6O3/c1-16(32)30-9-11-31(12-10-30)22-7-4-18(15-27-22)23(33)28-19-5-6-20(25)21(13-19)29-24(34)17-3-2-8-26-14-17/h2-8,13-15H,9-12H2,1H3,(H,28,33)(H,29,34). The van der Waals surface area contributed by atoms with Gasteiger partial charge in [-0.15, -0.1) is 0 Å². The summed E-state index contributed by atoms with van der Waals surface area (Å²) < 4.78 is 0. The zero-order valence-electron chi connectivity index (χ0n) is 18.5. The fraction of sp³-hybridized carbons (Fsp3) is 0.208. The van der Waals surface area contributed by atoms with Gasteiger partial charge in [-0.2, -0.15) is 0 Å². The van der Waals surface area contributed by atoms with E-state index in [1.807, 2.05) is 0 Å². The summed E-state index contributed by atoms with van der Waals surface area (Å²) in [6, 6.07) is 11.6. The molecule has 0 unspecified atom stereocenters. The number of pyridine rings is 2. The van der Waals surface area contributed by atoms with Crippen molar-refractivity contribution in [1.29, 1.82) is 0 Å². The quantitative estimate of drug-likeness (QED) is 0.582. The maximum Gasteiger partial charge on any atom is 0.257 e. The predicted molar refractivity (Wildman–Crippen MR) is 130 cm³/mol. The van der Waals surface area contributed by atoms with Gasteiger partial charge in [-0.1, -0.05) is 11.6 Å². The SMILES string of the molecule is CC(=O)N1CCN(c2ccc(C(=O)Nc3ccc(Cl)c(NC(=O)c4cccnc4)c3)cn2)CC1. The van der Waals surface area contributed by atoms with Gasteiger partial charge in [-0.25, -0.2) is 4.98 Å². The molecule has 9 nitrogen and oxygen atoms in total. The van der Waals surface area contributed by atoms with Crippen LogP contribution in [-0.2, 0) is 4.79 Å². The molecule has 3 heterocycles. The molecule has 3 amide bonds. The van der Waals surface area contributed by atoms with Gasteiger partial charge in [0.25, 0.3) is 11.8 Å². The number of anilines is 3. The van der Waals surface area contributed by atoms with Gasteiger partial charge in [0.05, 0.1) is 21.8 Å². The Morgan fingerprint density at radius 3 is 2.29 bits per heavy atom. The van der Waals surface area contributed by atoms with Gasteiger partial charge >= 0.3 is 0 Å². The smallest absolute Gasteiger partial charge is 0.257 e. The number of halogens is 1. The molecular weight excluding hydrogens is 456 g/mol. The third-order valence-corrected chi connectivity index (χ3v) is 5.78. The summed E-state index contributed by atoms with van der Waals surface area (Å²) in [6.07, 6.45) is 4.55. The zero-order chi connectivity index (χ0) is 24.1. The fourth-order valence-electron chi connectivity index (χ4n) is 3.55. The normalized spacial score (nSPS) is 13.4. The number of nitrogens with one attached hydrogen (secondary N) is 2. The summed E-state index contributed by atoms with van der Waals surface area (Å²) in [5.41, 5.74) is 1.62. The molecule has 2 aromatic heterocycles. The molecule has 0 atom stereocenters. The minimum atomic E-state index is -0.359. The highest BCUT2D eigenvalue weighted by molar-refractivity contribution is 6.34.